The highest BCUT2D eigenvalue weighted by Crippen LogP contribution is 2.18. The Bertz CT molecular complexity index is 781. The normalized spacial score (nSPS) is 14.9. The fraction of sp³-hybridized carbons (Fsp3) is 0.409. The number of amides is 1. The van der Waals surface area contributed by atoms with E-state index in [1.54, 1.807) is 19.2 Å². The van der Waals surface area contributed by atoms with E-state index in [1.807, 2.05) is 12.1 Å². The lowest BCUT2D eigenvalue weighted by Gasteiger charge is -2.30. The standard InChI is InChI=1S/C22H29N3O3/c1-28-12-10-23-20-8-4-7-18(13-20)22(27)24-14-21(26)16-25-11-9-17-5-2-3-6-19(17)15-25/h2-8,13,21,23,26H,9-12,14-16H2,1H3,(H,24,27). The van der Waals surface area contributed by atoms with E-state index in [9.17, 15) is 9.90 Å². The molecule has 0 saturated heterocycles. The first-order valence-electron chi connectivity index (χ1n) is 9.74. The lowest BCUT2D eigenvalue weighted by molar-refractivity contribution is 0.0842. The number of ether oxygens (including phenoxy) is 1. The van der Waals surface area contributed by atoms with Gasteiger partial charge in [0.25, 0.3) is 5.91 Å². The fourth-order valence-corrected chi connectivity index (χ4v) is 3.45. The Labute approximate surface area is 166 Å². The average molecular weight is 383 g/mol. The predicted octanol–water partition coefficient (Wildman–Crippen LogP) is 1.89. The van der Waals surface area contributed by atoms with Gasteiger partial charge in [0, 0.05) is 51.1 Å². The van der Waals surface area contributed by atoms with Gasteiger partial charge in [0.1, 0.15) is 0 Å². The zero-order valence-corrected chi connectivity index (χ0v) is 16.4. The van der Waals surface area contributed by atoms with Crippen LogP contribution in [0.4, 0.5) is 5.69 Å². The molecule has 0 radical (unpaired) electrons. The molecule has 1 amide bonds. The first-order valence-corrected chi connectivity index (χ1v) is 9.74. The highest BCUT2D eigenvalue weighted by Gasteiger charge is 2.19. The Morgan fingerprint density at radius 2 is 2.04 bits per heavy atom. The molecule has 28 heavy (non-hydrogen) atoms. The van der Waals surface area contributed by atoms with E-state index in [-0.39, 0.29) is 12.5 Å². The maximum Gasteiger partial charge on any atom is 0.251 e. The molecule has 2 aromatic rings. The zero-order chi connectivity index (χ0) is 19.8. The van der Waals surface area contributed by atoms with Crippen LogP contribution >= 0.6 is 0 Å². The van der Waals surface area contributed by atoms with Gasteiger partial charge in [-0.3, -0.25) is 9.69 Å². The topological polar surface area (TPSA) is 73.8 Å². The number of benzene rings is 2. The minimum absolute atomic E-state index is 0.182. The van der Waals surface area contributed by atoms with Crippen molar-refractivity contribution in [3.05, 3.63) is 65.2 Å². The van der Waals surface area contributed by atoms with Gasteiger partial charge in [-0.25, -0.2) is 0 Å². The molecule has 1 atom stereocenters. The number of methoxy groups -OCH3 is 1. The quantitative estimate of drug-likeness (QED) is 0.577. The Balaban J connectivity index is 1.45. The number of nitrogens with one attached hydrogen (secondary N) is 2. The van der Waals surface area contributed by atoms with E-state index in [4.69, 9.17) is 4.74 Å². The lowest BCUT2D eigenvalue weighted by Crippen LogP contribution is -2.42. The van der Waals surface area contributed by atoms with Gasteiger partial charge in [0.2, 0.25) is 0 Å². The summed E-state index contributed by atoms with van der Waals surface area (Å²) in [7, 11) is 1.65. The molecular formula is C22H29N3O3. The number of nitrogens with zero attached hydrogens (tertiary/aromatic N) is 1. The number of aliphatic hydroxyl groups is 1. The van der Waals surface area contributed by atoms with Crippen LogP contribution < -0.4 is 10.6 Å². The first-order chi connectivity index (χ1) is 13.7. The van der Waals surface area contributed by atoms with E-state index in [2.05, 4.69) is 39.8 Å². The molecule has 3 N–H and O–H groups in total. The van der Waals surface area contributed by atoms with Crippen molar-refractivity contribution >= 4 is 11.6 Å². The molecule has 0 aromatic heterocycles. The van der Waals surface area contributed by atoms with Gasteiger partial charge < -0.3 is 20.5 Å². The van der Waals surface area contributed by atoms with Crippen LogP contribution in [0, 0.1) is 0 Å². The third kappa shape index (κ3) is 5.79. The maximum atomic E-state index is 12.4. The van der Waals surface area contributed by atoms with Crippen LogP contribution in [0.3, 0.4) is 0 Å². The van der Waals surface area contributed by atoms with Gasteiger partial charge in [-0.1, -0.05) is 30.3 Å². The Morgan fingerprint density at radius 1 is 1.21 bits per heavy atom. The molecule has 1 unspecified atom stereocenters. The Hall–Kier alpha value is -2.41. The van der Waals surface area contributed by atoms with Crippen LogP contribution in [0.1, 0.15) is 21.5 Å². The minimum atomic E-state index is -0.600. The first kappa shape index (κ1) is 20.3. The molecule has 3 rings (SSSR count). The maximum absolute atomic E-state index is 12.4. The number of hydrogen-bond acceptors (Lipinski definition) is 5. The van der Waals surface area contributed by atoms with Crippen molar-refractivity contribution in [1.29, 1.82) is 0 Å². The third-order valence-electron chi connectivity index (χ3n) is 4.94. The van der Waals surface area contributed by atoms with Gasteiger partial charge in [-0.15, -0.1) is 0 Å². The highest BCUT2D eigenvalue weighted by molar-refractivity contribution is 5.95. The Kier molecular flexibility index (Phi) is 7.42. The second-order valence-corrected chi connectivity index (χ2v) is 7.12. The summed E-state index contributed by atoms with van der Waals surface area (Å²) in [6.07, 6.45) is 0.398. The predicted molar refractivity (Wildman–Crippen MR) is 111 cm³/mol. The van der Waals surface area contributed by atoms with Crippen molar-refractivity contribution < 1.29 is 14.6 Å². The average Bonchev–Trinajstić information content (AvgIpc) is 2.72. The summed E-state index contributed by atoms with van der Waals surface area (Å²) in [6.45, 7) is 3.84. The number of carbonyl (C=O) groups is 1. The molecule has 150 valence electrons. The number of aliphatic hydroxyl groups excluding tert-OH is 1. The summed E-state index contributed by atoms with van der Waals surface area (Å²) in [5.41, 5.74) is 4.15. The summed E-state index contributed by atoms with van der Waals surface area (Å²) < 4.78 is 5.01. The van der Waals surface area contributed by atoms with E-state index in [1.165, 1.54) is 11.1 Å². The zero-order valence-electron chi connectivity index (χ0n) is 16.4. The molecule has 1 aliphatic rings. The van der Waals surface area contributed by atoms with Crippen LogP contribution in [-0.2, 0) is 17.7 Å². The van der Waals surface area contributed by atoms with Crippen molar-refractivity contribution in [1.82, 2.24) is 10.2 Å². The van der Waals surface area contributed by atoms with E-state index < -0.39 is 6.10 Å². The largest absolute Gasteiger partial charge is 0.390 e. The molecular weight excluding hydrogens is 354 g/mol. The van der Waals surface area contributed by atoms with Crippen molar-refractivity contribution in [3.63, 3.8) is 0 Å². The monoisotopic (exact) mass is 383 g/mol. The van der Waals surface area contributed by atoms with Crippen LogP contribution in [0.2, 0.25) is 0 Å². The van der Waals surface area contributed by atoms with Gasteiger partial charge in [0.05, 0.1) is 12.7 Å². The summed E-state index contributed by atoms with van der Waals surface area (Å²) in [4.78, 5) is 14.6. The van der Waals surface area contributed by atoms with Crippen molar-refractivity contribution in [2.24, 2.45) is 0 Å². The summed E-state index contributed by atoms with van der Waals surface area (Å²) in [5.74, 6) is -0.182. The molecule has 0 fully saturated rings. The molecule has 2 aromatic carbocycles. The second kappa shape index (κ2) is 10.2. The molecule has 0 bridgehead atoms. The van der Waals surface area contributed by atoms with E-state index in [0.717, 1.165) is 25.2 Å². The lowest BCUT2D eigenvalue weighted by atomic mass is 10.00. The van der Waals surface area contributed by atoms with E-state index in [0.29, 0.717) is 25.3 Å². The fourth-order valence-electron chi connectivity index (χ4n) is 3.45. The smallest absolute Gasteiger partial charge is 0.251 e. The van der Waals surface area contributed by atoms with E-state index >= 15 is 0 Å². The number of hydrogen-bond donors (Lipinski definition) is 3. The van der Waals surface area contributed by atoms with Gasteiger partial charge in [-0.05, 0) is 35.7 Å². The Morgan fingerprint density at radius 3 is 2.86 bits per heavy atom. The SMILES string of the molecule is COCCNc1cccc(C(=O)NCC(O)CN2CCc3ccccc3C2)c1. The van der Waals surface area contributed by atoms with Crippen LogP contribution in [0.15, 0.2) is 48.5 Å². The molecule has 1 aliphatic heterocycles. The summed E-state index contributed by atoms with van der Waals surface area (Å²) in [6, 6.07) is 15.8. The van der Waals surface area contributed by atoms with Crippen molar-refractivity contribution in [2.75, 3.05) is 45.2 Å². The molecule has 0 saturated carbocycles. The summed E-state index contributed by atoms with van der Waals surface area (Å²) in [5, 5.41) is 16.4. The minimum Gasteiger partial charge on any atom is -0.390 e. The van der Waals surface area contributed by atoms with Gasteiger partial charge >= 0.3 is 0 Å². The molecule has 1 heterocycles. The molecule has 0 aliphatic carbocycles. The molecule has 6 heteroatoms. The third-order valence-corrected chi connectivity index (χ3v) is 4.94. The summed E-state index contributed by atoms with van der Waals surface area (Å²) >= 11 is 0. The molecule has 0 spiro atoms. The number of anilines is 1. The number of fused-ring (bicyclic) bond motifs is 1. The molecule has 6 nitrogen and oxygen atoms in total. The highest BCUT2D eigenvalue weighted by atomic mass is 16.5. The van der Waals surface area contributed by atoms with Crippen molar-refractivity contribution in [3.8, 4) is 0 Å². The number of rotatable bonds is 9. The second-order valence-electron chi connectivity index (χ2n) is 7.12. The van der Waals surface area contributed by atoms with Gasteiger partial charge in [-0.2, -0.15) is 0 Å². The van der Waals surface area contributed by atoms with Crippen molar-refractivity contribution in [2.45, 2.75) is 19.1 Å². The van der Waals surface area contributed by atoms with Crippen LogP contribution in [0.5, 0.6) is 0 Å². The van der Waals surface area contributed by atoms with Gasteiger partial charge in [0.15, 0.2) is 0 Å². The van der Waals surface area contributed by atoms with Crippen LogP contribution in [0.25, 0.3) is 0 Å². The number of β-amino-alcohol motifs (C(OH)–C–C–N with tert-alkyl or cyclic N) is 1. The van der Waals surface area contributed by atoms with Crippen LogP contribution in [-0.4, -0.2) is 61.9 Å². The number of carbonyl (C=O) groups excluding carboxylic acids is 1.